The topological polar surface area (TPSA) is 87.7 Å². The quantitative estimate of drug-likeness (QED) is 0.639. The summed E-state index contributed by atoms with van der Waals surface area (Å²) >= 11 is 5.96. The van der Waals surface area contributed by atoms with E-state index in [1.165, 1.54) is 23.5 Å². The minimum absolute atomic E-state index is 0.0992. The third-order valence-corrected chi connectivity index (χ3v) is 7.42. The maximum atomic E-state index is 13.1. The van der Waals surface area contributed by atoms with Crippen LogP contribution in [0.25, 0.3) is 0 Å². The first-order chi connectivity index (χ1) is 14.8. The molecule has 0 spiro atoms. The van der Waals surface area contributed by atoms with E-state index in [0.29, 0.717) is 54.9 Å². The molecule has 0 aliphatic carbocycles. The molecular formula is C21H25ClFN3O4S. The van der Waals surface area contributed by atoms with Gasteiger partial charge in [-0.3, -0.25) is 0 Å². The Hall–Kier alpha value is -2.36. The molecular weight excluding hydrogens is 445 g/mol. The van der Waals surface area contributed by atoms with Crippen LogP contribution in [0, 0.1) is 11.7 Å². The average molecular weight is 470 g/mol. The molecule has 2 N–H and O–H groups in total. The van der Waals surface area contributed by atoms with Gasteiger partial charge in [0.1, 0.15) is 11.6 Å². The number of halogens is 2. The fourth-order valence-corrected chi connectivity index (χ4v) is 5.17. The number of methoxy groups -OCH3 is 1. The predicted octanol–water partition coefficient (Wildman–Crippen LogP) is 4.10. The predicted molar refractivity (Wildman–Crippen MR) is 118 cm³/mol. The average Bonchev–Trinajstić information content (AvgIpc) is 2.74. The zero-order chi connectivity index (χ0) is 22.4. The Morgan fingerprint density at radius 3 is 2.52 bits per heavy atom. The van der Waals surface area contributed by atoms with E-state index in [1.807, 2.05) is 0 Å². The second kappa shape index (κ2) is 10.3. The largest absolute Gasteiger partial charge is 0.495 e. The Labute approximate surface area is 186 Å². The van der Waals surface area contributed by atoms with Crippen molar-refractivity contribution in [2.75, 3.05) is 32.1 Å². The van der Waals surface area contributed by atoms with Crippen molar-refractivity contribution in [3.05, 3.63) is 53.3 Å². The molecule has 10 heteroatoms. The van der Waals surface area contributed by atoms with Crippen LogP contribution in [0.2, 0.25) is 5.02 Å². The number of urea groups is 1. The minimum Gasteiger partial charge on any atom is -0.495 e. The Balaban J connectivity index is 1.44. The minimum atomic E-state index is -3.62. The van der Waals surface area contributed by atoms with Crippen LogP contribution in [0.4, 0.5) is 14.9 Å². The normalized spacial score (nSPS) is 15.5. The molecule has 2 amide bonds. The first kappa shape index (κ1) is 23.3. The van der Waals surface area contributed by atoms with Gasteiger partial charge in [-0.15, -0.1) is 0 Å². The lowest BCUT2D eigenvalue weighted by Crippen LogP contribution is -2.39. The van der Waals surface area contributed by atoms with E-state index in [4.69, 9.17) is 16.3 Å². The van der Waals surface area contributed by atoms with Crippen LogP contribution in [0.15, 0.2) is 47.4 Å². The number of carbonyl (C=O) groups excluding carboxylic acids is 1. The summed E-state index contributed by atoms with van der Waals surface area (Å²) in [4.78, 5) is 12.3. The standard InChI is InChI=1S/C21H25ClFN3O4S/c1-30-20-7-2-16(22)14-19(20)25-21(27)24-11-8-15-9-12-26(13-10-15)31(28,29)18-5-3-17(23)4-6-18/h2-7,14-15H,8-13H2,1H3,(H2,24,25,27). The van der Waals surface area contributed by atoms with Gasteiger partial charge in [0.25, 0.3) is 0 Å². The number of benzene rings is 2. The van der Waals surface area contributed by atoms with Crippen molar-refractivity contribution in [2.45, 2.75) is 24.2 Å². The lowest BCUT2D eigenvalue weighted by atomic mass is 9.95. The molecule has 3 rings (SSSR count). The highest BCUT2D eigenvalue weighted by Crippen LogP contribution is 2.28. The monoisotopic (exact) mass is 469 g/mol. The highest BCUT2D eigenvalue weighted by molar-refractivity contribution is 7.89. The lowest BCUT2D eigenvalue weighted by molar-refractivity contribution is 0.245. The van der Waals surface area contributed by atoms with Gasteiger partial charge in [-0.1, -0.05) is 11.6 Å². The number of nitrogens with zero attached hydrogens (tertiary/aromatic N) is 1. The third-order valence-electron chi connectivity index (χ3n) is 5.27. The van der Waals surface area contributed by atoms with E-state index >= 15 is 0 Å². The van der Waals surface area contributed by atoms with E-state index in [2.05, 4.69) is 10.6 Å². The van der Waals surface area contributed by atoms with Gasteiger partial charge >= 0.3 is 6.03 Å². The zero-order valence-corrected chi connectivity index (χ0v) is 18.7. The fourth-order valence-electron chi connectivity index (χ4n) is 3.53. The van der Waals surface area contributed by atoms with Crippen LogP contribution in [0.1, 0.15) is 19.3 Å². The van der Waals surface area contributed by atoms with Crippen LogP contribution in [-0.2, 0) is 10.0 Å². The summed E-state index contributed by atoms with van der Waals surface area (Å²) in [5.41, 5.74) is 0.479. The second-order valence-electron chi connectivity index (χ2n) is 7.32. The number of rotatable bonds is 7. The first-order valence-corrected chi connectivity index (χ1v) is 11.8. The maximum Gasteiger partial charge on any atom is 0.319 e. The second-order valence-corrected chi connectivity index (χ2v) is 9.69. The number of sulfonamides is 1. The van der Waals surface area contributed by atoms with Gasteiger partial charge in [0, 0.05) is 24.7 Å². The van der Waals surface area contributed by atoms with Gasteiger partial charge in [0.05, 0.1) is 17.7 Å². The Kier molecular flexibility index (Phi) is 7.74. The molecule has 0 unspecified atom stereocenters. The van der Waals surface area contributed by atoms with Crippen LogP contribution in [0.5, 0.6) is 5.75 Å². The van der Waals surface area contributed by atoms with Crippen LogP contribution < -0.4 is 15.4 Å². The summed E-state index contributed by atoms with van der Waals surface area (Å²) in [5.74, 6) is 0.345. The molecule has 7 nitrogen and oxygen atoms in total. The van der Waals surface area contributed by atoms with E-state index in [0.717, 1.165) is 18.6 Å². The summed E-state index contributed by atoms with van der Waals surface area (Å²) in [5, 5.41) is 6.01. The number of hydrogen-bond donors (Lipinski definition) is 2. The highest BCUT2D eigenvalue weighted by atomic mass is 35.5. The third kappa shape index (κ3) is 6.09. The molecule has 0 radical (unpaired) electrons. The summed E-state index contributed by atoms with van der Waals surface area (Å²) in [6, 6.07) is 9.46. The molecule has 1 aliphatic heterocycles. The number of carbonyl (C=O) groups is 1. The Morgan fingerprint density at radius 1 is 1.19 bits per heavy atom. The van der Waals surface area contributed by atoms with Crippen LogP contribution >= 0.6 is 11.6 Å². The van der Waals surface area contributed by atoms with Crippen LogP contribution in [0.3, 0.4) is 0 Å². The van der Waals surface area contributed by atoms with Gasteiger partial charge in [0.15, 0.2) is 0 Å². The molecule has 1 heterocycles. The molecule has 0 bridgehead atoms. The highest BCUT2D eigenvalue weighted by Gasteiger charge is 2.29. The van der Waals surface area contributed by atoms with Crippen molar-refractivity contribution >= 4 is 33.3 Å². The molecule has 2 aromatic carbocycles. The van der Waals surface area contributed by atoms with Crippen molar-refractivity contribution in [1.29, 1.82) is 0 Å². The van der Waals surface area contributed by atoms with Crippen molar-refractivity contribution in [3.8, 4) is 5.75 Å². The number of ether oxygens (including phenoxy) is 1. The van der Waals surface area contributed by atoms with Gasteiger partial charge in [-0.25, -0.2) is 17.6 Å². The molecule has 1 fully saturated rings. The smallest absolute Gasteiger partial charge is 0.319 e. The molecule has 2 aromatic rings. The molecule has 0 saturated carbocycles. The van der Waals surface area contributed by atoms with E-state index in [-0.39, 0.29) is 10.9 Å². The first-order valence-electron chi connectivity index (χ1n) is 9.93. The number of anilines is 1. The number of nitrogens with one attached hydrogen (secondary N) is 2. The summed E-state index contributed by atoms with van der Waals surface area (Å²) in [6.07, 6.45) is 2.14. The maximum absolute atomic E-state index is 13.1. The van der Waals surface area contributed by atoms with Crippen LogP contribution in [-0.4, -0.2) is 45.5 Å². The molecule has 0 aromatic heterocycles. The summed E-state index contributed by atoms with van der Waals surface area (Å²) < 4.78 is 45.1. The molecule has 0 atom stereocenters. The molecule has 1 aliphatic rings. The van der Waals surface area contributed by atoms with Gasteiger partial charge < -0.3 is 15.4 Å². The van der Waals surface area contributed by atoms with E-state index in [1.54, 1.807) is 18.2 Å². The number of piperidine rings is 1. The zero-order valence-electron chi connectivity index (χ0n) is 17.1. The van der Waals surface area contributed by atoms with E-state index in [9.17, 15) is 17.6 Å². The number of amides is 2. The lowest BCUT2D eigenvalue weighted by Gasteiger charge is -2.31. The number of hydrogen-bond acceptors (Lipinski definition) is 4. The molecule has 168 valence electrons. The Morgan fingerprint density at radius 2 is 1.87 bits per heavy atom. The van der Waals surface area contributed by atoms with Crippen molar-refractivity contribution in [3.63, 3.8) is 0 Å². The van der Waals surface area contributed by atoms with Gasteiger partial charge in [-0.05, 0) is 67.6 Å². The summed E-state index contributed by atoms with van der Waals surface area (Å²) in [6.45, 7) is 1.26. The van der Waals surface area contributed by atoms with Crippen molar-refractivity contribution in [1.82, 2.24) is 9.62 Å². The van der Waals surface area contributed by atoms with Crippen molar-refractivity contribution in [2.24, 2.45) is 5.92 Å². The fraction of sp³-hybridized carbons (Fsp3) is 0.381. The van der Waals surface area contributed by atoms with Crippen molar-refractivity contribution < 1.29 is 22.3 Å². The molecule has 31 heavy (non-hydrogen) atoms. The SMILES string of the molecule is COc1ccc(Cl)cc1NC(=O)NCCC1CCN(S(=O)(=O)c2ccc(F)cc2)CC1. The van der Waals surface area contributed by atoms with Gasteiger partial charge in [-0.2, -0.15) is 4.31 Å². The summed E-state index contributed by atoms with van der Waals surface area (Å²) in [7, 11) is -2.11. The van der Waals surface area contributed by atoms with Gasteiger partial charge in [0.2, 0.25) is 10.0 Å². The Bertz CT molecular complexity index is 1010. The molecule has 1 saturated heterocycles. The van der Waals surface area contributed by atoms with E-state index < -0.39 is 15.8 Å².